The van der Waals surface area contributed by atoms with Crippen molar-refractivity contribution in [1.29, 1.82) is 0 Å². The Kier molecular flexibility index (Phi) is 4.67. The first kappa shape index (κ1) is 14.7. The SMILES string of the molecule is O=C(Cc1csc(-c2cccs2)n1)NC1CCCC1CO. The Labute approximate surface area is 131 Å². The summed E-state index contributed by atoms with van der Waals surface area (Å²) in [6.07, 6.45) is 3.36. The molecule has 4 nitrogen and oxygen atoms in total. The quantitative estimate of drug-likeness (QED) is 0.889. The maximum Gasteiger partial charge on any atom is 0.226 e. The second-order valence-corrected chi connectivity index (χ2v) is 7.15. The van der Waals surface area contributed by atoms with Gasteiger partial charge in [0.15, 0.2) is 0 Å². The van der Waals surface area contributed by atoms with Crippen molar-refractivity contribution >= 4 is 28.6 Å². The number of aliphatic hydroxyl groups is 1. The first-order chi connectivity index (χ1) is 10.3. The Morgan fingerprint density at radius 1 is 1.43 bits per heavy atom. The molecule has 1 amide bonds. The van der Waals surface area contributed by atoms with Gasteiger partial charge in [-0.05, 0) is 24.3 Å². The van der Waals surface area contributed by atoms with Crippen molar-refractivity contribution in [2.45, 2.75) is 31.7 Å². The molecule has 2 aromatic rings. The molecule has 0 spiro atoms. The predicted molar refractivity (Wildman–Crippen MR) is 85.5 cm³/mol. The van der Waals surface area contributed by atoms with Crippen molar-refractivity contribution in [3.05, 3.63) is 28.6 Å². The summed E-state index contributed by atoms with van der Waals surface area (Å²) < 4.78 is 0. The summed E-state index contributed by atoms with van der Waals surface area (Å²) in [6, 6.07) is 4.17. The zero-order chi connectivity index (χ0) is 14.7. The third-order valence-electron chi connectivity index (χ3n) is 3.87. The van der Waals surface area contributed by atoms with Crippen LogP contribution in [0.15, 0.2) is 22.9 Å². The third kappa shape index (κ3) is 3.51. The van der Waals surface area contributed by atoms with Gasteiger partial charge in [0, 0.05) is 23.9 Å². The molecule has 0 radical (unpaired) electrons. The van der Waals surface area contributed by atoms with Crippen molar-refractivity contribution in [3.8, 4) is 9.88 Å². The number of rotatable bonds is 5. The molecule has 2 atom stereocenters. The van der Waals surface area contributed by atoms with Gasteiger partial charge in [0.1, 0.15) is 5.01 Å². The van der Waals surface area contributed by atoms with Gasteiger partial charge in [-0.15, -0.1) is 22.7 Å². The number of amides is 1. The number of hydrogen-bond donors (Lipinski definition) is 2. The van der Waals surface area contributed by atoms with Crippen LogP contribution in [-0.2, 0) is 11.2 Å². The van der Waals surface area contributed by atoms with Crippen molar-refractivity contribution in [2.75, 3.05) is 6.61 Å². The summed E-state index contributed by atoms with van der Waals surface area (Å²) in [7, 11) is 0. The summed E-state index contributed by atoms with van der Waals surface area (Å²) >= 11 is 3.23. The van der Waals surface area contributed by atoms with Crippen molar-refractivity contribution < 1.29 is 9.90 Å². The summed E-state index contributed by atoms with van der Waals surface area (Å²) in [6.45, 7) is 0.157. The molecule has 21 heavy (non-hydrogen) atoms. The number of hydrogen-bond acceptors (Lipinski definition) is 5. The number of aliphatic hydroxyl groups excluding tert-OH is 1. The topological polar surface area (TPSA) is 62.2 Å². The van der Waals surface area contributed by atoms with Gasteiger partial charge in [-0.3, -0.25) is 4.79 Å². The highest BCUT2D eigenvalue weighted by Crippen LogP contribution is 2.28. The molecule has 1 aliphatic rings. The largest absolute Gasteiger partial charge is 0.396 e. The van der Waals surface area contributed by atoms with Crippen molar-refractivity contribution in [2.24, 2.45) is 5.92 Å². The summed E-state index contributed by atoms with van der Waals surface area (Å²) in [4.78, 5) is 17.8. The molecule has 1 aliphatic carbocycles. The number of thiophene rings is 1. The zero-order valence-electron chi connectivity index (χ0n) is 11.6. The Hall–Kier alpha value is -1.24. The Bertz CT molecular complexity index is 595. The number of aromatic nitrogens is 1. The minimum absolute atomic E-state index is 0.00313. The maximum absolute atomic E-state index is 12.1. The standard InChI is InChI=1S/C15H18N2O2S2/c18-8-10-3-1-4-12(10)17-14(19)7-11-9-21-15(16-11)13-5-2-6-20-13/h2,5-6,9-10,12,18H,1,3-4,7-8H2,(H,17,19). The minimum atomic E-state index is 0.00313. The Morgan fingerprint density at radius 3 is 3.10 bits per heavy atom. The van der Waals surface area contributed by atoms with Crippen LogP contribution in [-0.4, -0.2) is 28.6 Å². The van der Waals surface area contributed by atoms with E-state index >= 15 is 0 Å². The van der Waals surface area contributed by atoms with E-state index in [1.807, 2.05) is 22.9 Å². The van der Waals surface area contributed by atoms with E-state index in [-0.39, 0.29) is 24.5 Å². The van der Waals surface area contributed by atoms with Crippen LogP contribution in [0, 0.1) is 5.92 Å². The number of thiazole rings is 1. The lowest BCUT2D eigenvalue weighted by Crippen LogP contribution is -2.39. The Balaban J connectivity index is 1.58. The fourth-order valence-electron chi connectivity index (χ4n) is 2.77. The molecule has 0 saturated heterocycles. The smallest absolute Gasteiger partial charge is 0.226 e. The van der Waals surface area contributed by atoms with Crippen LogP contribution < -0.4 is 5.32 Å². The number of nitrogens with zero attached hydrogens (tertiary/aromatic N) is 1. The normalized spacial score (nSPS) is 21.6. The fourth-order valence-corrected chi connectivity index (χ4v) is 4.40. The van der Waals surface area contributed by atoms with E-state index in [4.69, 9.17) is 0 Å². The van der Waals surface area contributed by atoms with Crippen LogP contribution in [0.1, 0.15) is 25.0 Å². The van der Waals surface area contributed by atoms with Gasteiger partial charge in [0.2, 0.25) is 5.91 Å². The summed E-state index contributed by atoms with van der Waals surface area (Å²) in [5.74, 6) is 0.217. The molecule has 1 fully saturated rings. The molecular weight excluding hydrogens is 304 g/mol. The van der Waals surface area contributed by atoms with E-state index in [2.05, 4.69) is 10.3 Å². The van der Waals surface area contributed by atoms with Gasteiger partial charge in [-0.25, -0.2) is 4.98 Å². The van der Waals surface area contributed by atoms with Crippen LogP contribution in [0.2, 0.25) is 0 Å². The van der Waals surface area contributed by atoms with Crippen LogP contribution in [0.25, 0.3) is 9.88 Å². The lowest BCUT2D eigenvalue weighted by atomic mass is 10.1. The van der Waals surface area contributed by atoms with Gasteiger partial charge in [-0.2, -0.15) is 0 Å². The molecular formula is C15H18N2O2S2. The van der Waals surface area contributed by atoms with E-state index in [1.165, 1.54) is 0 Å². The van der Waals surface area contributed by atoms with E-state index in [9.17, 15) is 9.90 Å². The minimum Gasteiger partial charge on any atom is -0.396 e. The molecule has 0 bridgehead atoms. The molecule has 0 aliphatic heterocycles. The first-order valence-corrected chi connectivity index (χ1v) is 8.90. The molecule has 2 unspecified atom stereocenters. The third-order valence-corrected chi connectivity index (χ3v) is 5.80. The Morgan fingerprint density at radius 2 is 2.33 bits per heavy atom. The lowest BCUT2D eigenvalue weighted by molar-refractivity contribution is -0.121. The van der Waals surface area contributed by atoms with E-state index in [0.717, 1.165) is 34.8 Å². The summed E-state index contributed by atoms with van der Waals surface area (Å²) in [5, 5.41) is 17.3. The van der Waals surface area contributed by atoms with Crippen LogP contribution in [0.3, 0.4) is 0 Å². The van der Waals surface area contributed by atoms with E-state index in [0.29, 0.717) is 6.42 Å². The zero-order valence-corrected chi connectivity index (χ0v) is 13.3. The number of carbonyl (C=O) groups is 1. The van der Waals surface area contributed by atoms with Crippen LogP contribution in [0.4, 0.5) is 0 Å². The van der Waals surface area contributed by atoms with Gasteiger partial charge in [-0.1, -0.05) is 12.5 Å². The molecule has 112 valence electrons. The maximum atomic E-state index is 12.1. The number of carbonyl (C=O) groups excluding carboxylic acids is 1. The molecule has 2 N–H and O–H groups in total. The predicted octanol–water partition coefficient (Wildman–Crippen LogP) is 2.69. The van der Waals surface area contributed by atoms with E-state index in [1.54, 1.807) is 22.7 Å². The van der Waals surface area contributed by atoms with Gasteiger partial charge in [0.25, 0.3) is 0 Å². The molecule has 3 rings (SSSR count). The molecule has 2 aromatic heterocycles. The highest BCUT2D eigenvalue weighted by molar-refractivity contribution is 7.20. The first-order valence-electron chi connectivity index (χ1n) is 7.15. The monoisotopic (exact) mass is 322 g/mol. The number of nitrogens with one attached hydrogen (secondary N) is 1. The highest BCUT2D eigenvalue weighted by atomic mass is 32.1. The van der Waals surface area contributed by atoms with Crippen molar-refractivity contribution in [3.63, 3.8) is 0 Å². The lowest BCUT2D eigenvalue weighted by Gasteiger charge is -2.18. The average molecular weight is 322 g/mol. The molecule has 6 heteroatoms. The van der Waals surface area contributed by atoms with Gasteiger partial charge < -0.3 is 10.4 Å². The average Bonchev–Trinajstić information content (AvgIpc) is 3.19. The van der Waals surface area contributed by atoms with Crippen LogP contribution in [0.5, 0.6) is 0 Å². The molecule has 2 heterocycles. The molecule has 1 saturated carbocycles. The van der Waals surface area contributed by atoms with Gasteiger partial charge in [0.05, 0.1) is 17.0 Å². The van der Waals surface area contributed by atoms with Crippen molar-refractivity contribution in [1.82, 2.24) is 10.3 Å². The molecule has 0 aromatic carbocycles. The fraction of sp³-hybridized carbons (Fsp3) is 0.467. The highest BCUT2D eigenvalue weighted by Gasteiger charge is 2.27. The van der Waals surface area contributed by atoms with Gasteiger partial charge >= 0.3 is 0 Å². The summed E-state index contributed by atoms with van der Waals surface area (Å²) in [5.41, 5.74) is 0.819. The second kappa shape index (κ2) is 6.68. The van der Waals surface area contributed by atoms with E-state index < -0.39 is 0 Å². The second-order valence-electron chi connectivity index (χ2n) is 5.35. The van der Waals surface area contributed by atoms with Crippen LogP contribution >= 0.6 is 22.7 Å².